The van der Waals surface area contributed by atoms with Crippen LogP contribution in [0.15, 0.2) is 66.2 Å². The van der Waals surface area contributed by atoms with E-state index >= 15 is 0 Å². The number of imidazole rings is 1. The third-order valence-electron chi connectivity index (χ3n) is 7.22. The summed E-state index contributed by atoms with van der Waals surface area (Å²) in [6.07, 6.45) is 8.44. The number of pyridine rings is 2. The van der Waals surface area contributed by atoms with Crippen molar-refractivity contribution in [1.29, 1.82) is 0 Å². The highest BCUT2D eigenvalue weighted by Crippen LogP contribution is 2.31. The number of benzene rings is 1. The van der Waals surface area contributed by atoms with E-state index in [-0.39, 0.29) is 6.61 Å². The van der Waals surface area contributed by atoms with Gasteiger partial charge in [0.25, 0.3) is 0 Å². The molecule has 3 aromatic heterocycles. The summed E-state index contributed by atoms with van der Waals surface area (Å²) < 4.78 is 2.04. The summed E-state index contributed by atoms with van der Waals surface area (Å²) in [7, 11) is 0. The van der Waals surface area contributed by atoms with E-state index in [1.807, 2.05) is 29.1 Å². The van der Waals surface area contributed by atoms with Crippen LogP contribution in [0.3, 0.4) is 0 Å². The van der Waals surface area contributed by atoms with Crippen molar-refractivity contribution in [2.75, 3.05) is 49.5 Å². The Hall–Kier alpha value is -3.75. The lowest BCUT2D eigenvalue weighted by molar-refractivity contribution is 0.271. The zero-order valence-corrected chi connectivity index (χ0v) is 20.6. The van der Waals surface area contributed by atoms with Crippen molar-refractivity contribution in [3.63, 3.8) is 0 Å². The van der Waals surface area contributed by atoms with Gasteiger partial charge >= 0.3 is 0 Å². The molecular formula is C28H31N7O. The van der Waals surface area contributed by atoms with Gasteiger partial charge in [0, 0.05) is 74.6 Å². The fourth-order valence-electron chi connectivity index (χ4n) is 5.16. The zero-order valence-electron chi connectivity index (χ0n) is 20.6. The summed E-state index contributed by atoms with van der Waals surface area (Å²) in [5.41, 5.74) is 8.49. The maximum atomic E-state index is 9.31. The van der Waals surface area contributed by atoms with E-state index in [0.717, 1.165) is 78.0 Å². The number of aliphatic hydroxyl groups excluding tert-OH is 1. The molecule has 5 heterocycles. The Labute approximate surface area is 210 Å². The van der Waals surface area contributed by atoms with Crippen molar-refractivity contribution in [2.24, 2.45) is 4.99 Å². The number of hydrogen-bond acceptors (Lipinski definition) is 7. The second kappa shape index (κ2) is 9.72. The van der Waals surface area contributed by atoms with E-state index in [1.165, 1.54) is 5.56 Å². The van der Waals surface area contributed by atoms with Crippen LogP contribution in [0.1, 0.15) is 24.5 Å². The molecule has 0 bridgehead atoms. The van der Waals surface area contributed by atoms with Gasteiger partial charge in [0.15, 0.2) is 5.65 Å². The number of likely N-dealkylation sites (N-methyl/N-ethyl adjacent to an activating group) is 1. The van der Waals surface area contributed by atoms with Gasteiger partial charge in [-0.05, 0) is 41.9 Å². The Morgan fingerprint density at radius 3 is 2.67 bits per heavy atom. The molecular weight excluding hydrogens is 450 g/mol. The Morgan fingerprint density at radius 1 is 1.00 bits per heavy atom. The maximum Gasteiger partial charge on any atom is 0.160 e. The largest absolute Gasteiger partial charge is 0.396 e. The summed E-state index contributed by atoms with van der Waals surface area (Å²) in [6.45, 7) is 8.38. The van der Waals surface area contributed by atoms with Crippen LogP contribution in [0.25, 0.3) is 16.8 Å². The SMILES string of the molecule is CCN1CCN(c2ccc(Nc3cc(-c4ccc5c(c4)CN=C5CCO)cn4ccnc34)nc2)CC1. The number of aliphatic imine (C=N–C) groups is 1. The van der Waals surface area contributed by atoms with Crippen LogP contribution in [-0.2, 0) is 6.54 Å². The third kappa shape index (κ3) is 4.34. The lowest BCUT2D eigenvalue weighted by atomic mass is 9.98. The molecule has 0 saturated carbocycles. The van der Waals surface area contributed by atoms with Crippen LogP contribution in [0.5, 0.6) is 0 Å². The predicted octanol–water partition coefficient (Wildman–Crippen LogP) is 3.97. The smallest absolute Gasteiger partial charge is 0.160 e. The third-order valence-corrected chi connectivity index (χ3v) is 7.22. The normalized spacial score (nSPS) is 15.8. The van der Waals surface area contributed by atoms with Gasteiger partial charge in [-0.3, -0.25) is 4.99 Å². The number of nitrogens with one attached hydrogen (secondary N) is 1. The molecule has 0 atom stereocenters. The number of rotatable bonds is 7. The molecule has 0 radical (unpaired) electrons. The molecule has 184 valence electrons. The highest BCUT2D eigenvalue weighted by atomic mass is 16.3. The van der Waals surface area contributed by atoms with E-state index in [9.17, 15) is 5.11 Å². The molecule has 6 rings (SSSR count). The van der Waals surface area contributed by atoms with Gasteiger partial charge in [-0.25, -0.2) is 9.97 Å². The molecule has 0 amide bonds. The Kier molecular flexibility index (Phi) is 6.13. The highest BCUT2D eigenvalue weighted by Gasteiger charge is 2.18. The molecule has 36 heavy (non-hydrogen) atoms. The molecule has 4 aromatic rings. The zero-order chi connectivity index (χ0) is 24.5. The Morgan fingerprint density at radius 2 is 1.89 bits per heavy atom. The van der Waals surface area contributed by atoms with Crippen molar-refractivity contribution in [2.45, 2.75) is 19.9 Å². The fraction of sp³-hybridized carbons (Fsp3) is 0.321. The molecule has 0 spiro atoms. The van der Waals surface area contributed by atoms with Crippen LogP contribution < -0.4 is 10.2 Å². The lowest BCUT2D eigenvalue weighted by Gasteiger charge is -2.35. The van der Waals surface area contributed by atoms with Gasteiger partial charge < -0.3 is 24.6 Å². The Bertz CT molecular complexity index is 1400. The summed E-state index contributed by atoms with van der Waals surface area (Å²) in [4.78, 5) is 18.8. The first kappa shape index (κ1) is 22.7. The minimum atomic E-state index is 0.122. The monoisotopic (exact) mass is 481 g/mol. The number of hydrogen-bond donors (Lipinski definition) is 2. The van der Waals surface area contributed by atoms with Crippen molar-refractivity contribution >= 4 is 28.6 Å². The second-order valence-electron chi connectivity index (χ2n) is 9.36. The van der Waals surface area contributed by atoms with Gasteiger partial charge in [-0.1, -0.05) is 19.1 Å². The van der Waals surface area contributed by atoms with Crippen LogP contribution in [0, 0.1) is 0 Å². The van der Waals surface area contributed by atoms with Gasteiger partial charge in [0.2, 0.25) is 0 Å². The standard InChI is InChI=1S/C28H31N7O/c1-2-33-10-12-34(13-11-33)23-4-6-27(31-18-23)32-26-16-22(19-35-9-8-29-28(26)35)20-3-5-24-21(15-20)17-30-25(24)7-14-36/h3-6,8-9,15-16,18-19,36H,2,7,10-14,17H2,1H3,(H,31,32). The van der Waals surface area contributed by atoms with Crippen LogP contribution in [0.2, 0.25) is 0 Å². The average Bonchev–Trinajstić information content (AvgIpc) is 3.56. The van der Waals surface area contributed by atoms with E-state index < -0.39 is 0 Å². The number of piperazine rings is 1. The van der Waals surface area contributed by atoms with Crippen LogP contribution in [0.4, 0.5) is 17.2 Å². The van der Waals surface area contributed by atoms with Gasteiger partial charge in [0.1, 0.15) is 5.82 Å². The molecule has 1 fully saturated rings. The highest BCUT2D eigenvalue weighted by molar-refractivity contribution is 6.04. The van der Waals surface area contributed by atoms with Crippen molar-refractivity contribution in [3.8, 4) is 11.1 Å². The van der Waals surface area contributed by atoms with Crippen molar-refractivity contribution < 1.29 is 5.11 Å². The summed E-state index contributed by atoms with van der Waals surface area (Å²) in [6, 6.07) is 12.8. The maximum absolute atomic E-state index is 9.31. The number of aliphatic hydroxyl groups is 1. The first-order valence-corrected chi connectivity index (χ1v) is 12.7. The first-order chi connectivity index (χ1) is 17.7. The van der Waals surface area contributed by atoms with Crippen LogP contribution in [-0.4, -0.2) is 69.4 Å². The van der Waals surface area contributed by atoms with E-state index in [0.29, 0.717) is 13.0 Å². The average molecular weight is 482 g/mol. The molecule has 8 heteroatoms. The number of nitrogens with zero attached hydrogens (tertiary/aromatic N) is 6. The molecule has 2 aliphatic rings. The van der Waals surface area contributed by atoms with E-state index in [2.05, 4.69) is 68.5 Å². The fourth-order valence-corrected chi connectivity index (χ4v) is 5.16. The molecule has 0 aliphatic carbocycles. The van der Waals surface area contributed by atoms with E-state index in [1.54, 1.807) is 0 Å². The number of anilines is 3. The number of aromatic nitrogens is 3. The quantitative estimate of drug-likeness (QED) is 0.416. The minimum absolute atomic E-state index is 0.122. The van der Waals surface area contributed by atoms with Gasteiger partial charge in [-0.2, -0.15) is 0 Å². The lowest BCUT2D eigenvalue weighted by Crippen LogP contribution is -2.46. The van der Waals surface area contributed by atoms with Gasteiger partial charge in [-0.15, -0.1) is 0 Å². The minimum Gasteiger partial charge on any atom is -0.396 e. The second-order valence-corrected chi connectivity index (χ2v) is 9.36. The topological polar surface area (TPSA) is 81.3 Å². The molecule has 1 aromatic carbocycles. The molecule has 2 aliphatic heterocycles. The molecule has 0 unspecified atom stereocenters. The van der Waals surface area contributed by atoms with Crippen LogP contribution >= 0.6 is 0 Å². The summed E-state index contributed by atoms with van der Waals surface area (Å²) in [5.74, 6) is 0.795. The van der Waals surface area contributed by atoms with Crippen molar-refractivity contribution in [1.82, 2.24) is 19.3 Å². The molecule has 1 saturated heterocycles. The number of fused-ring (bicyclic) bond motifs is 2. The molecule has 2 N–H and O–H groups in total. The van der Waals surface area contributed by atoms with Crippen molar-refractivity contribution in [3.05, 3.63) is 72.3 Å². The van der Waals surface area contributed by atoms with E-state index in [4.69, 9.17) is 4.98 Å². The first-order valence-electron chi connectivity index (χ1n) is 12.7. The summed E-state index contributed by atoms with van der Waals surface area (Å²) >= 11 is 0. The Balaban J connectivity index is 1.25. The van der Waals surface area contributed by atoms with Gasteiger partial charge in [0.05, 0.1) is 24.1 Å². The molecule has 8 nitrogen and oxygen atoms in total. The summed E-state index contributed by atoms with van der Waals surface area (Å²) in [5, 5.41) is 12.8. The predicted molar refractivity (Wildman–Crippen MR) is 144 cm³/mol.